The molecule has 0 saturated heterocycles. The van der Waals surface area contributed by atoms with E-state index in [4.69, 9.17) is 0 Å². The number of pyridine rings is 1. The van der Waals surface area contributed by atoms with Gasteiger partial charge in [0, 0.05) is 29.1 Å². The maximum atomic E-state index is 14.0. The van der Waals surface area contributed by atoms with Crippen LogP contribution in [-0.4, -0.2) is 18.1 Å². The van der Waals surface area contributed by atoms with Crippen molar-refractivity contribution in [3.63, 3.8) is 0 Å². The number of aromatic nitrogens is 1. The molecule has 0 fully saturated rings. The van der Waals surface area contributed by atoms with Gasteiger partial charge in [0.05, 0.1) is 12.7 Å². The molecule has 4 nitrogen and oxygen atoms in total. The van der Waals surface area contributed by atoms with Crippen LogP contribution in [0.25, 0.3) is 0 Å². The number of aromatic amines is 1. The van der Waals surface area contributed by atoms with E-state index in [1.54, 1.807) is 0 Å². The first kappa shape index (κ1) is 16.4. The maximum Gasteiger partial charge on any atom is 0.339 e. The average Bonchev–Trinajstić information content (AvgIpc) is 2.53. The summed E-state index contributed by atoms with van der Waals surface area (Å²) in [6.45, 7) is 0. The molecule has 0 aliphatic heterocycles. The Morgan fingerprint density at radius 2 is 1.86 bits per heavy atom. The van der Waals surface area contributed by atoms with E-state index in [1.807, 2.05) is 0 Å². The highest BCUT2D eigenvalue weighted by molar-refractivity contribution is 9.08. The van der Waals surface area contributed by atoms with Gasteiger partial charge in [0.25, 0.3) is 5.56 Å². The summed E-state index contributed by atoms with van der Waals surface area (Å²) in [6, 6.07) is 4.17. The topological polar surface area (TPSA) is 59.2 Å². The van der Waals surface area contributed by atoms with Gasteiger partial charge in [0.15, 0.2) is 11.6 Å². The molecule has 116 valence electrons. The number of carbonyl (C=O) groups is 1. The van der Waals surface area contributed by atoms with Gasteiger partial charge >= 0.3 is 5.97 Å². The number of nitrogens with one attached hydrogen (secondary N) is 1. The van der Waals surface area contributed by atoms with Crippen LogP contribution in [0.3, 0.4) is 0 Å². The molecule has 1 aromatic carbocycles. The van der Waals surface area contributed by atoms with Gasteiger partial charge in [-0.25, -0.2) is 13.6 Å². The molecule has 7 heteroatoms. The number of alkyl halides is 1. The van der Waals surface area contributed by atoms with Crippen LogP contribution in [0.5, 0.6) is 0 Å². The molecule has 1 aromatic heterocycles. The Balaban J connectivity index is 2.41. The predicted molar refractivity (Wildman–Crippen MR) is 80.2 cm³/mol. The number of methoxy groups -OCH3 is 1. The number of rotatable bonds is 4. The smallest absolute Gasteiger partial charge is 0.339 e. The second-order valence-electron chi connectivity index (χ2n) is 4.56. The van der Waals surface area contributed by atoms with Gasteiger partial charge in [-0.1, -0.05) is 28.1 Å². The molecular formula is C15H12BrF2NO3. The maximum absolute atomic E-state index is 14.0. The van der Waals surface area contributed by atoms with Crippen molar-refractivity contribution in [3.05, 3.63) is 68.6 Å². The first-order valence-corrected chi connectivity index (χ1v) is 7.41. The Hall–Kier alpha value is -2.02. The first-order chi connectivity index (χ1) is 10.5. The Kier molecular flexibility index (Phi) is 5.07. The highest BCUT2D eigenvalue weighted by atomic mass is 79.9. The number of hydrogen-bond donors (Lipinski definition) is 1. The fourth-order valence-electron chi connectivity index (χ4n) is 1.97. The summed E-state index contributed by atoms with van der Waals surface area (Å²) in [5.74, 6) is -2.58. The highest BCUT2D eigenvalue weighted by Gasteiger charge is 2.15. The summed E-state index contributed by atoms with van der Waals surface area (Å²) in [6.07, 6.45) is 1.08. The Labute approximate surface area is 133 Å². The second-order valence-corrected chi connectivity index (χ2v) is 5.12. The minimum absolute atomic E-state index is 0.0368. The van der Waals surface area contributed by atoms with E-state index in [1.165, 1.54) is 31.5 Å². The molecule has 22 heavy (non-hydrogen) atoms. The molecule has 1 N–H and O–H groups in total. The lowest BCUT2D eigenvalue weighted by molar-refractivity contribution is 0.0600. The normalized spacial score (nSPS) is 10.5. The fourth-order valence-corrected chi connectivity index (χ4v) is 2.41. The number of ether oxygens (including phenoxy) is 1. The molecule has 2 aromatic rings. The van der Waals surface area contributed by atoms with Gasteiger partial charge in [-0.15, -0.1) is 0 Å². The fraction of sp³-hybridized carbons (Fsp3) is 0.200. The molecule has 1 heterocycles. The van der Waals surface area contributed by atoms with E-state index in [0.717, 1.165) is 0 Å². The Morgan fingerprint density at radius 3 is 2.50 bits per heavy atom. The van der Waals surface area contributed by atoms with Crippen LogP contribution in [0.4, 0.5) is 8.78 Å². The minimum atomic E-state index is -1.00. The zero-order valence-electron chi connectivity index (χ0n) is 11.6. The number of benzene rings is 1. The SMILES string of the molecule is COC(=O)c1c[nH]c(=O)c(Cc2ccc(CBr)c(F)c2F)c1. The second kappa shape index (κ2) is 6.83. The number of hydrogen-bond acceptors (Lipinski definition) is 3. The van der Waals surface area contributed by atoms with E-state index >= 15 is 0 Å². The minimum Gasteiger partial charge on any atom is -0.465 e. The van der Waals surface area contributed by atoms with Crippen molar-refractivity contribution in [3.8, 4) is 0 Å². The van der Waals surface area contributed by atoms with Gasteiger partial charge in [-0.3, -0.25) is 4.79 Å². The third-order valence-electron chi connectivity index (χ3n) is 3.17. The van der Waals surface area contributed by atoms with Crippen molar-refractivity contribution in [2.24, 2.45) is 0 Å². The predicted octanol–water partition coefficient (Wildman–Crippen LogP) is 2.93. The molecule has 0 unspecified atom stereocenters. The van der Waals surface area contributed by atoms with Crippen molar-refractivity contribution in [2.45, 2.75) is 11.8 Å². The van der Waals surface area contributed by atoms with Crippen molar-refractivity contribution >= 4 is 21.9 Å². The summed E-state index contributed by atoms with van der Waals surface area (Å²) < 4.78 is 32.3. The molecule has 0 atom stereocenters. The van der Waals surface area contributed by atoms with Crippen molar-refractivity contribution in [1.29, 1.82) is 0 Å². The van der Waals surface area contributed by atoms with E-state index in [2.05, 4.69) is 25.7 Å². The summed E-state index contributed by atoms with van der Waals surface area (Å²) in [5, 5.41) is 0.189. The van der Waals surface area contributed by atoms with Gasteiger partial charge in [-0.05, 0) is 11.6 Å². The monoisotopic (exact) mass is 371 g/mol. The number of H-pyrrole nitrogens is 1. The van der Waals surface area contributed by atoms with Crippen LogP contribution >= 0.6 is 15.9 Å². The van der Waals surface area contributed by atoms with Crippen LogP contribution in [0.1, 0.15) is 27.0 Å². The summed E-state index contributed by atoms with van der Waals surface area (Å²) in [5.41, 5.74) is 0.0352. The average molecular weight is 372 g/mol. The largest absolute Gasteiger partial charge is 0.465 e. The third-order valence-corrected chi connectivity index (χ3v) is 3.77. The van der Waals surface area contributed by atoms with E-state index in [0.29, 0.717) is 0 Å². The Morgan fingerprint density at radius 1 is 1.23 bits per heavy atom. The highest BCUT2D eigenvalue weighted by Crippen LogP contribution is 2.20. The van der Waals surface area contributed by atoms with Crippen LogP contribution in [0, 0.1) is 11.6 Å². The van der Waals surface area contributed by atoms with Gasteiger partial charge < -0.3 is 9.72 Å². The lowest BCUT2D eigenvalue weighted by Gasteiger charge is -2.07. The molecule has 0 aliphatic rings. The van der Waals surface area contributed by atoms with E-state index in [9.17, 15) is 18.4 Å². The van der Waals surface area contributed by atoms with Gasteiger partial charge in [0.1, 0.15) is 0 Å². The summed E-state index contributed by atoms with van der Waals surface area (Å²) in [4.78, 5) is 25.6. The molecule has 0 aliphatic carbocycles. The van der Waals surface area contributed by atoms with Crippen LogP contribution in [-0.2, 0) is 16.5 Å². The summed E-state index contributed by atoms with van der Waals surface area (Å²) in [7, 11) is 1.21. The van der Waals surface area contributed by atoms with Crippen molar-refractivity contribution in [1.82, 2.24) is 4.98 Å². The lowest BCUT2D eigenvalue weighted by Crippen LogP contribution is -2.16. The van der Waals surface area contributed by atoms with E-state index in [-0.39, 0.29) is 34.0 Å². The van der Waals surface area contributed by atoms with E-state index < -0.39 is 23.2 Å². The molecular weight excluding hydrogens is 360 g/mol. The molecule has 0 bridgehead atoms. The zero-order chi connectivity index (χ0) is 16.3. The van der Waals surface area contributed by atoms with Crippen molar-refractivity contribution in [2.75, 3.05) is 7.11 Å². The number of esters is 1. The van der Waals surface area contributed by atoms with Crippen LogP contribution < -0.4 is 5.56 Å². The van der Waals surface area contributed by atoms with Crippen LogP contribution in [0.2, 0.25) is 0 Å². The molecule has 0 saturated carbocycles. The lowest BCUT2D eigenvalue weighted by atomic mass is 10.0. The summed E-state index contributed by atoms with van der Waals surface area (Å²) >= 11 is 3.07. The number of carbonyl (C=O) groups excluding carboxylic acids is 1. The molecule has 0 radical (unpaired) electrons. The number of halogens is 3. The molecule has 2 rings (SSSR count). The van der Waals surface area contributed by atoms with Crippen molar-refractivity contribution < 1.29 is 18.3 Å². The molecule has 0 amide bonds. The van der Waals surface area contributed by atoms with Gasteiger partial charge in [-0.2, -0.15) is 0 Å². The third kappa shape index (κ3) is 3.24. The Bertz CT molecular complexity index is 774. The quantitative estimate of drug-likeness (QED) is 0.663. The van der Waals surface area contributed by atoms with Crippen LogP contribution in [0.15, 0.2) is 29.2 Å². The first-order valence-electron chi connectivity index (χ1n) is 6.29. The molecule has 0 spiro atoms. The zero-order valence-corrected chi connectivity index (χ0v) is 13.2. The standard InChI is InChI=1S/C15H12BrF2NO3/c1-22-15(21)11-5-10(14(20)19-7-11)4-8-2-3-9(6-16)13(18)12(8)17/h2-3,5,7H,4,6H2,1H3,(H,19,20). The van der Waals surface area contributed by atoms with Gasteiger partial charge in [0.2, 0.25) is 0 Å².